The average molecular weight is 217 g/mol. The fraction of sp³-hybridized carbons (Fsp3) is 0.417. The molecule has 16 heavy (non-hydrogen) atoms. The van der Waals surface area contributed by atoms with Gasteiger partial charge in [-0.3, -0.25) is 0 Å². The normalized spacial score (nSPS) is 17.1. The van der Waals surface area contributed by atoms with Gasteiger partial charge < -0.3 is 15.7 Å². The Labute approximate surface area is 94.9 Å². The summed E-state index contributed by atoms with van der Waals surface area (Å²) in [5.74, 6) is 0. The first kappa shape index (κ1) is 10.8. The SMILES string of the molecule is N#Cc1ccc(N)c(N2CCC(O)CC2)c1. The van der Waals surface area contributed by atoms with E-state index in [9.17, 15) is 5.11 Å². The van der Waals surface area contributed by atoms with E-state index in [1.54, 1.807) is 12.1 Å². The van der Waals surface area contributed by atoms with E-state index in [1.165, 1.54) is 0 Å². The van der Waals surface area contributed by atoms with Crippen molar-refractivity contribution in [3.8, 4) is 6.07 Å². The molecule has 0 amide bonds. The third-order valence-corrected chi connectivity index (χ3v) is 2.96. The maximum absolute atomic E-state index is 9.43. The standard InChI is InChI=1S/C12H15N3O/c13-8-9-1-2-11(14)12(7-9)15-5-3-10(16)4-6-15/h1-2,7,10,16H,3-6,14H2. The molecule has 1 saturated heterocycles. The Morgan fingerprint density at radius 1 is 1.38 bits per heavy atom. The number of rotatable bonds is 1. The third-order valence-electron chi connectivity index (χ3n) is 2.96. The van der Waals surface area contributed by atoms with Crippen LogP contribution in [0.5, 0.6) is 0 Å². The molecular weight excluding hydrogens is 202 g/mol. The molecule has 1 fully saturated rings. The highest BCUT2D eigenvalue weighted by atomic mass is 16.3. The lowest BCUT2D eigenvalue weighted by atomic mass is 10.1. The van der Waals surface area contributed by atoms with Gasteiger partial charge in [0.25, 0.3) is 0 Å². The van der Waals surface area contributed by atoms with Crippen molar-refractivity contribution in [1.82, 2.24) is 0 Å². The Balaban J connectivity index is 2.23. The third kappa shape index (κ3) is 2.10. The van der Waals surface area contributed by atoms with Crippen molar-refractivity contribution >= 4 is 11.4 Å². The number of nitrogens with two attached hydrogens (primary N) is 1. The molecule has 1 aliphatic rings. The summed E-state index contributed by atoms with van der Waals surface area (Å²) in [6.45, 7) is 1.58. The van der Waals surface area contributed by atoms with E-state index in [2.05, 4.69) is 11.0 Å². The number of hydrogen-bond donors (Lipinski definition) is 2. The molecule has 0 aromatic heterocycles. The number of aliphatic hydroxyl groups is 1. The van der Waals surface area contributed by atoms with E-state index in [0.717, 1.165) is 31.6 Å². The van der Waals surface area contributed by atoms with E-state index >= 15 is 0 Å². The smallest absolute Gasteiger partial charge is 0.0992 e. The van der Waals surface area contributed by atoms with Gasteiger partial charge in [0.15, 0.2) is 0 Å². The van der Waals surface area contributed by atoms with Crippen LogP contribution in [0.1, 0.15) is 18.4 Å². The zero-order chi connectivity index (χ0) is 11.5. The number of benzene rings is 1. The number of aliphatic hydroxyl groups excluding tert-OH is 1. The Kier molecular flexibility index (Phi) is 2.97. The second-order valence-corrected chi connectivity index (χ2v) is 4.10. The van der Waals surface area contributed by atoms with Gasteiger partial charge in [0.1, 0.15) is 0 Å². The minimum Gasteiger partial charge on any atom is -0.397 e. The summed E-state index contributed by atoms with van der Waals surface area (Å²) in [5.41, 5.74) is 8.12. The van der Waals surface area contributed by atoms with E-state index in [-0.39, 0.29) is 6.10 Å². The Morgan fingerprint density at radius 3 is 2.69 bits per heavy atom. The summed E-state index contributed by atoms with van der Waals surface area (Å²) in [5, 5.41) is 18.3. The topological polar surface area (TPSA) is 73.3 Å². The Bertz CT molecular complexity index is 417. The van der Waals surface area contributed by atoms with Gasteiger partial charge in [0, 0.05) is 13.1 Å². The second-order valence-electron chi connectivity index (χ2n) is 4.10. The Hall–Kier alpha value is -1.73. The number of piperidine rings is 1. The molecule has 1 aliphatic heterocycles. The van der Waals surface area contributed by atoms with Crippen LogP contribution in [-0.4, -0.2) is 24.3 Å². The minimum atomic E-state index is -0.198. The predicted molar refractivity (Wildman–Crippen MR) is 63.0 cm³/mol. The number of hydrogen-bond acceptors (Lipinski definition) is 4. The molecule has 1 aromatic carbocycles. The van der Waals surface area contributed by atoms with Crippen LogP contribution in [0, 0.1) is 11.3 Å². The lowest BCUT2D eigenvalue weighted by molar-refractivity contribution is 0.145. The fourth-order valence-corrected chi connectivity index (χ4v) is 1.99. The molecule has 2 rings (SSSR count). The number of anilines is 2. The molecule has 0 aliphatic carbocycles. The molecule has 0 bridgehead atoms. The molecule has 0 saturated carbocycles. The summed E-state index contributed by atoms with van der Waals surface area (Å²) in [6, 6.07) is 7.41. The highest BCUT2D eigenvalue weighted by Crippen LogP contribution is 2.27. The summed E-state index contributed by atoms with van der Waals surface area (Å²) < 4.78 is 0. The zero-order valence-corrected chi connectivity index (χ0v) is 9.06. The van der Waals surface area contributed by atoms with Crippen molar-refractivity contribution in [2.24, 2.45) is 0 Å². The van der Waals surface area contributed by atoms with Crippen molar-refractivity contribution < 1.29 is 5.11 Å². The zero-order valence-electron chi connectivity index (χ0n) is 9.06. The van der Waals surface area contributed by atoms with Gasteiger partial charge in [-0.2, -0.15) is 5.26 Å². The number of nitrogen functional groups attached to an aromatic ring is 1. The van der Waals surface area contributed by atoms with Crippen LogP contribution in [-0.2, 0) is 0 Å². The molecule has 3 N–H and O–H groups in total. The first-order valence-corrected chi connectivity index (χ1v) is 5.43. The fourth-order valence-electron chi connectivity index (χ4n) is 1.99. The minimum absolute atomic E-state index is 0.198. The maximum atomic E-state index is 9.43. The molecule has 0 atom stereocenters. The molecule has 84 valence electrons. The van der Waals surface area contributed by atoms with E-state index < -0.39 is 0 Å². The quantitative estimate of drug-likeness (QED) is 0.691. The number of nitriles is 1. The average Bonchev–Trinajstić information content (AvgIpc) is 2.31. The molecule has 0 unspecified atom stereocenters. The van der Waals surface area contributed by atoms with E-state index in [1.807, 2.05) is 6.07 Å². The molecule has 4 heteroatoms. The van der Waals surface area contributed by atoms with Gasteiger partial charge in [0.05, 0.1) is 29.1 Å². The molecule has 4 nitrogen and oxygen atoms in total. The summed E-state index contributed by atoms with van der Waals surface area (Å²) >= 11 is 0. The van der Waals surface area contributed by atoms with Crippen molar-refractivity contribution in [3.63, 3.8) is 0 Å². The van der Waals surface area contributed by atoms with Crippen molar-refractivity contribution in [2.45, 2.75) is 18.9 Å². The molecular formula is C12H15N3O. The monoisotopic (exact) mass is 217 g/mol. The van der Waals surface area contributed by atoms with Gasteiger partial charge in [0.2, 0.25) is 0 Å². The van der Waals surface area contributed by atoms with Crippen LogP contribution < -0.4 is 10.6 Å². The molecule has 1 aromatic rings. The summed E-state index contributed by atoms with van der Waals surface area (Å²) in [4.78, 5) is 2.13. The van der Waals surface area contributed by atoms with Gasteiger partial charge in [-0.1, -0.05) is 0 Å². The van der Waals surface area contributed by atoms with Crippen molar-refractivity contribution in [3.05, 3.63) is 23.8 Å². The van der Waals surface area contributed by atoms with Gasteiger partial charge in [-0.05, 0) is 31.0 Å². The lowest BCUT2D eigenvalue weighted by Gasteiger charge is -2.32. The molecule has 0 radical (unpaired) electrons. The van der Waals surface area contributed by atoms with Crippen LogP contribution in [0.15, 0.2) is 18.2 Å². The number of nitrogens with zero attached hydrogens (tertiary/aromatic N) is 2. The highest BCUT2D eigenvalue weighted by Gasteiger charge is 2.18. The van der Waals surface area contributed by atoms with Crippen LogP contribution >= 0.6 is 0 Å². The summed E-state index contributed by atoms with van der Waals surface area (Å²) in [7, 11) is 0. The molecule has 0 spiro atoms. The van der Waals surface area contributed by atoms with Crippen molar-refractivity contribution in [2.75, 3.05) is 23.7 Å². The van der Waals surface area contributed by atoms with Gasteiger partial charge >= 0.3 is 0 Å². The lowest BCUT2D eigenvalue weighted by Crippen LogP contribution is -2.36. The summed E-state index contributed by atoms with van der Waals surface area (Å²) in [6.07, 6.45) is 1.32. The largest absolute Gasteiger partial charge is 0.397 e. The van der Waals surface area contributed by atoms with Gasteiger partial charge in [-0.25, -0.2) is 0 Å². The second kappa shape index (κ2) is 4.42. The van der Waals surface area contributed by atoms with E-state index in [4.69, 9.17) is 11.0 Å². The first-order valence-electron chi connectivity index (χ1n) is 5.43. The predicted octanol–water partition coefficient (Wildman–Crippen LogP) is 1.10. The van der Waals surface area contributed by atoms with E-state index in [0.29, 0.717) is 11.3 Å². The first-order chi connectivity index (χ1) is 7.70. The van der Waals surface area contributed by atoms with Crippen LogP contribution in [0.4, 0.5) is 11.4 Å². The highest BCUT2D eigenvalue weighted by molar-refractivity contribution is 5.69. The Morgan fingerprint density at radius 2 is 2.06 bits per heavy atom. The van der Waals surface area contributed by atoms with Crippen LogP contribution in [0.25, 0.3) is 0 Å². The van der Waals surface area contributed by atoms with Crippen molar-refractivity contribution in [1.29, 1.82) is 5.26 Å². The van der Waals surface area contributed by atoms with Crippen LogP contribution in [0.3, 0.4) is 0 Å². The maximum Gasteiger partial charge on any atom is 0.0992 e. The van der Waals surface area contributed by atoms with Gasteiger partial charge in [-0.15, -0.1) is 0 Å². The van der Waals surface area contributed by atoms with Crippen LogP contribution in [0.2, 0.25) is 0 Å². The molecule has 1 heterocycles.